The van der Waals surface area contributed by atoms with Gasteiger partial charge in [0, 0.05) is 22.5 Å². The van der Waals surface area contributed by atoms with Crippen LogP contribution < -0.4 is 10.1 Å². The van der Waals surface area contributed by atoms with E-state index in [2.05, 4.69) is 10.4 Å². The Morgan fingerprint density at radius 2 is 1.94 bits per heavy atom. The van der Waals surface area contributed by atoms with E-state index < -0.39 is 12.1 Å². The maximum absolute atomic E-state index is 13.2. The first kappa shape index (κ1) is 20.9. The molecule has 0 radical (unpaired) electrons. The minimum Gasteiger partial charge on any atom is -0.504 e. The van der Waals surface area contributed by atoms with E-state index in [4.69, 9.17) is 20.8 Å². The number of benzene rings is 3. The summed E-state index contributed by atoms with van der Waals surface area (Å²) < 4.78 is 11.3. The van der Waals surface area contributed by atoms with E-state index in [0.717, 1.165) is 16.5 Å². The van der Waals surface area contributed by atoms with Crippen molar-refractivity contribution >= 4 is 40.0 Å². The first-order valence-corrected chi connectivity index (χ1v) is 10.7. The summed E-state index contributed by atoms with van der Waals surface area (Å²) in [7, 11) is 1.48. The van der Waals surface area contributed by atoms with Crippen LogP contribution in [0.4, 0.5) is 10.5 Å². The number of hydrogen-bond donors (Lipinski definition) is 2. The number of phenols is 1. The van der Waals surface area contributed by atoms with Crippen LogP contribution in [0.2, 0.25) is 5.02 Å². The summed E-state index contributed by atoms with van der Waals surface area (Å²) >= 11 is 5.95. The lowest BCUT2D eigenvalue weighted by atomic mass is 10.0. The number of phenolic OH excluding ortho intramolecular Hbond substituents is 1. The Kier molecular flexibility index (Phi) is 5.40. The predicted molar refractivity (Wildman–Crippen MR) is 127 cm³/mol. The second kappa shape index (κ2) is 8.52. The van der Waals surface area contributed by atoms with Crippen molar-refractivity contribution in [2.75, 3.05) is 12.4 Å². The minimum atomic E-state index is -0.421. The fourth-order valence-corrected chi connectivity index (χ4v) is 3.97. The number of ether oxygens (including phenoxy) is 1. The standard InChI is InChI=1S/C25H20ClN3O4/c1-32-24-12-15(6-11-21(24)30)20-14-19(23-13-16-4-2-3-5-22(16)33-23)28-29(20)25(31)27-18-9-7-17(26)8-10-18/h2-13,20,30H,14H2,1H3,(H,27,31). The highest BCUT2D eigenvalue weighted by molar-refractivity contribution is 6.30. The number of carbonyl (C=O) groups is 1. The predicted octanol–water partition coefficient (Wildman–Crippen LogP) is 6.18. The van der Waals surface area contributed by atoms with Crippen LogP contribution in [-0.4, -0.2) is 29.0 Å². The van der Waals surface area contributed by atoms with E-state index in [9.17, 15) is 9.90 Å². The van der Waals surface area contributed by atoms with Crippen molar-refractivity contribution in [1.82, 2.24) is 5.01 Å². The number of anilines is 1. The van der Waals surface area contributed by atoms with E-state index in [-0.39, 0.29) is 5.75 Å². The Bertz CT molecular complexity index is 1330. The molecule has 166 valence electrons. The Morgan fingerprint density at radius 1 is 1.15 bits per heavy atom. The Balaban J connectivity index is 1.51. The highest BCUT2D eigenvalue weighted by atomic mass is 35.5. The van der Waals surface area contributed by atoms with Crippen LogP contribution in [0.5, 0.6) is 11.5 Å². The molecule has 8 heteroatoms. The molecule has 2 amide bonds. The minimum absolute atomic E-state index is 0.0230. The first-order chi connectivity index (χ1) is 16.0. The Hall–Kier alpha value is -3.97. The average Bonchev–Trinajstić information content (AvgIpc) is 3.45. The van der Waals surface area contributed by atoms with Crippen LogP contribution in [0.3, 0.4) is 0 Å². The van der Waals surface area contributed by atoms with Gasteiger partial charge in [-0.2, -0.15) is 5.10 Å². The summed E-state index contributed by atoms with van der Waals surface area (Å²) in [6.07, 6.45) is 0.432. The monoisotopic (exact) mass is 461 g/mol. The van der Waals surface area contributed by atoms with Crippen LogP contribution in [0, 0.1) is 0 Å². The molecule has 5 rings (SSSR count). The van der Waals surface area contributed by atoms with Gasteiger partial charge in [0.25, 0.3) is 0 Å². The van der Waals surface area contributed by atoms with Crippen LogP contribution in [0.25, 0.3) is 11.0 Å². The van der Waals surface area contributed by atoms with Gasteiger partial charge in [-0.25, -0.2) is 9.80 Å². The van der Waals surface area contributed by atoms with Gasteiger partial charge >= 0.3 is 6.03 Å². The fraction of sp³-hybridized carbons (Fsp3) is 0.120. The van der Waals surface area contributed by atoms with Gasteiger partial charge in [0.1, 0.15) is 11.3 Å². The van der Waals surface area contributed by atoms with E-state index in [1.165, 1.54) is 12.1 Å². The molecule has 3 aromatic carbocycles. The van der Waals surface area contributed by atoms with Gasteiger partial charge in [0.05, 0.1) is 13.2 Å². The number of amides is 2. The maximum atomic E-state index is 13.2. The highest BCUT2D eigenvalue weighted by Gasteiger charge is 2.35. The topological polar surface area (TPSA) is 87.3 Å². The molecule has 0 aliphatic carbocycles. The largest absolute Gasteiger partial charge is 0.504 e. The lowest BCUT2D eigenvalue weighted by Gasteiger charge is -2.23. The van der Waals surface area contributed by atoms with Gasteiger partial charge in [0.2, 0.25) is 0 Å². The second-order valence-corrected chi connectivity index (χ2v) is 8.06. The molecule has 1 atom stereocenters. The number of halogens is 1. The van der Waals surface area contributed by atoms with Gasteiger partial charge in [-0.3, -0.25) is 0 Å². The summed E-state index contributed by atoms with van der Waals surface area (Å²) in [6.45, 7) is 0. The molecular weight excluding hydrogens is 442 g/mol. The van der Waals surface area contributed by atoms with Crippen molar-refractivity contribution in [3.8, 4) is 11.5 Å². The number of para-hydroxylation sites is 1. The smallest absolute Gasteiger partial charge is 0.342 e. The zero-order valence-electron chi connectivity index (χ0n) is 17.7. The van der Waals surface area contributed by atoms with Crippen molar-refractivity contribution in [3.05, 3.63) is 89.1 Å². The first-order valence-electron chi connectivity index (χ1n) is 10.3. The third-order valence-corrected chi connectivity index (χ3v) is 5.76. The molecule has 0 saturated carbocycles. The number of carbonyl (C=O) groups excluding carboxylic acids is 1. The number of rotatable bonds is 4. The summed E-state index contributed by atoms with van der Waals surface area (Å²) in [5.41, 5.74) is 2.77. The zero-order valence-corrected chi connectivity index (χ0v) is 18.4. The molecular formula is C25H20ClN3O4. The number of fused-ring (bicyclic) bond motifs is 1. The quantitative estimate of drug-likeness (QED) is 0.379. The van der Waals surface area contributed by atoms with Crippen molar-refractivity contribution in [3.63, 3.8) is 0 Å². The number of methoxy groups -OCH3 is 1. The number of hydrazone groups is 1. The zero-order chi connectivity index (χ0) is 22.9. The fourth-order valence-electron chi connectivity index (χ4n) is 3.85. The molecule has 0 spiro atoms. The third kappa shape index (κ3) is 4.10. The second-order valence-electron chi connectivity index (χ2n) is 7.63. The number of nitrogens with one attached hydrogen (secondary N) is 1. The van der Waals surface area contributed by atoms with Crippen molar-refractivity contribution in [2.45, 2.75) is 12.5 Å². The van der Waals surface area contributed by atoms with Gasteiger partial charge in [0.15, 0.2) is 17.3 Å². The molecule has 1 aliphatic rings. The molecule has 1 aliphatic heterocycles. The molecule has 1 unspecified atom stereocenters. The normalized spacial score (nSPS) is 15.5. The molecule has 2 N–H and O–H groups in total. The van der Waals surface area contributed by atoms with Gasteiger partial charge in [-0.15, -0.1) is 0 Å². The lowest BCUT2D eigenvalue weighted by molar-refractivity contribution is 0.200. The number of urea groups is 1. The van der Waals surface area contributed by atoms with Crippen LogP contribution in [-0.2, 0) is 0 Å². The average molecular weight is 462 g/mol. The molecule has 1 aromatic heterocycles. The van der Waals surface area contributed by atoms with Gasteiger partial charge < -0.3 is 19.6 Å². The van der Waals surface area contributed by atoms with Gasteiger partial charge in [-0.1, -0.05) is 35.9 Å². The Labute approximate surface area is 194 Å². The Morgan fingerprint density at radius 3 is 2.70 bits per heavy atom. The molecule has 0 saturated heterocycles. The maximum Gasteiger partial charge on any atom is 0.342 e. The number of nitrogens with zero attached hydrogens (tertiary/aromatic N) is 2. The third-order valence-electron chi connectivity index (χ3n) is 5.51. The molecule has 4 aromatic rings. The molecule has 7 nitrogen and oxygen atoms in total. The van der Waals surface area contributed by atoms with Crippen LogP contribution in [0.15, 0.2) is 82.3 Å². The SMILES string of the molecule is COc1cc(C2CC(c3cc4ccccc4o3)=NN2C(=O)Nc2ccc(Cl)cc2)ccc1O. The summed E-state index contributed by atoms with van der Waals surface area (Å²) in [6, 6.07) is 20.6. The van der Waals surface area contributed by atoms with E-state index >= 15 is 0 Å². The van der Waals surface area contributed by atoms with Gasteiger partial charge in [-0.05, 0) is 54.1 Å². The van der Waals surface area contributed by atoms with E-state index in [1.54, 1.807) is 42.5 Å². The number of furan rings is 1. The number of aromatic hydroxyl groups is 1. The molecule has 33 heavy (non-hydrogen) atoms. The summed E-state index contributed by atoms with van der Waals surface area (Å²) in [5.74, 6) is 0.950. The van der Waals surface area contributed by atoms with Crippen molar-refractivity contribution in [1.29, 1.82) is 0 Å². The van der Waals surface area contributed by atoms with E-state index in [1.807, 2.05) is 30.3 Å². The molecule has 2 heterocycles. The lowest BCUT2D eigenvalue weighted by Crippen LogP contribution is -2.31. The van der Waals surface area contributed by atoms with Crippen molar-refractivity contribution < 1.29 is 19.1 Å². The summed E-state index contributed by atoms with van der Waals surface area (Å²) in [4.78, 5) is 13.2. The van der Waals surface area contributed by atoms with Crippen LogP contribution in [0.1, 0.15) is 23.8 Å². The summed E-state index contributed by atoms with van der Waals surface area (Å²) in [5, 5.41) is 20.4. The molecule has 0 bridgehead atoms. The van der Waals surface area contributed by atoms with E-state index in [0.29, 0.717) is 34.4 Å². The number of hydrogen-bond acceptors (Lipinski definition) is 5. The molecule has 0 fully saturated rings. The van der Waals surface area contributed by atoms with Crippen LogP contribution >= 0.6 is 11.6 Å². The highest BCUT2D eigenvalue weighted by Crippen LogP contribution is 2.38. The van der Waals surface area contributed by atoms with Crippen molar-refractivity contribution in [2.24, 2.45) is 5.10 Å².